The predicted octanol–water partition coefficient (Wildman–Crippen LogP) is 5.73. The Hall–Kier alpha value is -0.160. The molecule has 1 rings (SSSR count). The molecule has 26 heavy (non-hydrogen) atoms. The Labute approximate surface area is 162 Å². The summed E-state index contributed by atoms with van der Waals surface area (Å²) in [5.41, 5.74) is 0. The van der Waals surface area contributed by atoms with Crippen molar-refractivity contribution in [2.24, 2.45) is 5.92 Å². The molecule has 0 aromatic rings. The van der Waals surface area contributed by atoms with E-state index in [9.17, 15) is 0 Å². The van der Waals surface area contributed by atoms with Gasteiger partial charge in [0.15, 0.2) is 5.79 Å². The molecule has 1 heterocycles. The summed E-state index contributed by atoms with van der Waals surface area (Å²) in [6.07, 6.45) is 12.6. The van der Waals surface area contributed by atoms with Crippen LogP contribution >= 0.6 is 0 Å². The van der Waals surface area contributed by atoms with Crippen LogP contribution in [0.5, 0.6) is 0 Å². The standard InChI is InChI=1S/C22H44O4/c1-5-13-20(15-12-17-23-18-21-19-24-21)14-10-9-11-16-22(6-2,25-7-3)26-8-4/h20-21H,5-19H2,1-4H3. The second-order valence-corrected chi connectivity index (χ2v) is 7.56. The van der Waals surface area contributed by atoms with Crippen LogP contribution in [0.15, 0.2) is 0 Å². The summed E-state index contributed by atoms with van der Waals surface area (Å²) in [4.78, 5) is 0. The van der Waals surface area contributed by atoms with E-state index in [2.05, 4.69) is 27.7 Å². The third kappa shape index (κ3) is 10.9. The third-order valence-electron chi connectivity index (χ3n) is 5.33. The van der Waals surface area contributed by atoms with Crippen molar-refractivity contribution >= 4 is 0 Å². The highest BCUT2D eigenvalue weighted by Crippen LogP contribution is 2.27. The lowest BCUT2D eigenvalue weighted by Gasteiger charge is -2.32. The molecule has 1 aliphatic heterocycles. The fourth-order valence-corrected chi connectivity index (χ4v) is 3.79. The lowest BCUT2D eigenvalue weighted by molar-refractivity contribution is -0.239. The van der Waals surface area contributed by atoms with Gasteiger partial charge in [-0.1, -0.05) is 46.0 Å². The molecule has 0 spiro atoms. The third-order valence-corrected chi connectivity index (χ3v) is 5.33. The summed E-state index contributed by atoms with van der Waals surface area (Å²) in [5.74, 6) is 0.505. The Morgan fingerprint density at radius 2 is 1.62 bits per heavy atom. The molecule has 0 aliphatic carbocycles. The molecule has 1 aliphatic rings. The Balaban J connectivity index is 2.13. The van der Waals surface area contributed by atoms with Crippen LogP contribution in [0, 0.1) is 5.92 Å². The van der Waals surface area contributed by atoms with Gasteiger partial charge in [-0.3, -0.25) is 0 Å². The SMILES string of the molecule is CCCC(CCCCCC(CC)(OCC)OCC)CCCOCC1CO1. The zero-order valence-electron chi connectivity index (χ0n) is 17.9. The molecule has 4 nitrogen and oxygen atoms in total. The maximum absolute atomic E-state index is 5.94. The zero-order valence-corrected chi connectivity index (χ0v) is 17.9. The van der Waals surface area contributed by atoms with E-state index < -0.39 is 0 Å². The first-order chi connectivity index (χ1) is 12.7. The van der Waals surface area contributed by atoms with Crippen molar-refractivity contribution in [2.45, 2.75) is 104 Å². The van der Waals surface area contributed by atoms with Crippen molar-refractivity contribution < 1.29 is 18.9 Å². The van der Waals surface area contributed by atoms with E-state index in [0.717, 1.165) is 51.8 Å². The van der Waals surface area contributed by atoms with Crippen LogP contribution in [0.25, 0.3) is 0 Å². The summed E-state index contributed by atoms with van der Waals surface area (Å²) in [6.45, 7) is 12.6. The van der Waals surface area contributed by atoms with Gasteiger partial charge in [-0.05, 0) is 45.4 Å². The summed E-state index contributed by atoms with van der Waals surface area (Å²) in [7, 11) is 0. The highest BCUT2D eigenvalue weighted by atomic mass is 16.7. The summed E-state index contributed by atoms with van der Waals surface area (Å²) >= 11 is 0. The van der Waals surface area contributed by atoms with Gasteiger partial charge in [0.25, 0.3) is 0 Å². The lowest BCUT2D eigenvalue weighted by Crippen LogP contribution is -2.35. The molecule has 0 N–H and O–H groups in total. The Bertz CT molecular complexity index is 311. The summed E-state index contributed by atoms with van der Waals surface area (Å²) in [5, 5.41) is 0. The van der Waals surface area contributed by atoms with Crippen molar-refractivity contribution in [2.75, 3.05) is 33.0 Å². The van der Waals surface area contributed by atoms with Gasteiger partial charge in [-0.15, -0.1) is 0 Å². The normalized spacial score (nSPS) is 18.2. The number of hydrogen-bond donors (Lipinski definition) is 0. The van der Waals surface area contributed by atoms with Crippen LogP contribution in [-0.4, -0.2) is 44.9 Å². The van der Waals surface area contributed by atoms with Crippen LogP contribution in [0.2, 0.25) is 0 Å². The van der Waals surface area contributed by atoms with Gasteiger partial charge in [0, 0.05) is 26.2 Å². The van der Waals surface area contributed by atoms with Crippen LogP contribution in [0.4, 0.5) is 0 Å². The van der Waals surface area contributed by atoms with Crippen molar-refractivity contribution in [3.63, 3.8) is 0 Å². The number of hydrogen-bond acceptors (Lipinski definition) is 4. The molecular formula is C22H44O4. The van der Waals surface area contributed by atoms with Gasteiger partial charge in [-0.2, -0.15) is 0 Å². The molecule has 0 aromatic carbocycles. The number of rotatable bonds is 19. The largest absolute Gasteiger partial charge is 0.379 e. The Morgan fingerprint density at radius 3 is 2.19 bits per heavy atom. The first-order valence-electron chi connectivity index (χ1n) is 11.2. The van der Waals surface area contributed by atoms with Gasteiger partial charge >= 0.3 is 0 Å². The van der Waals surface area contributed by atoms with Crippen molar-refractivity contribution in [3.05, 3.63) is 0 Å². The highest BCUT2D eigenvalue weighted by Gasteiger charge is 2.28. The van der Waals surface area contributed by atoms with Gasteiger partial charge in [0.05, 0.1) is 13.2 Å². The fourth-order valence-electron chi connectivity index (χ4n) is 3.79. The summed E-state index contributed by atoms with van der Waals surface area (Å²) in [6, 6.07) is 0. The van der Waals surface area contributed by atoms with Crippen molar-refractivity contribution in [1.82, 2.24) is 0 Å². The molecule has 156 valence electrons. The van der Waals surface area contributed by atoms with Gasteiger partial charge in [0.2, 0.25) is 0 Å². The minimum absolute atomic E-state index is 0.352. The first-order valence-corrected chi connectivity index (χ1v) is 11.2. The smallest absolute Gasteiger partial charge is 0.167 e. The molecule has 0 amide bonds. The molecule has 0 saturated carbocycles. The van der Waals surface area contributed by atoms with E-state index in [1.165, 1.54) is 51.4 Å². The maximum atomic E-state index is 5.94. The highest BCUT2D eigenvalue weighted by molar-refractivity contribution is 4.69. The monoisotopic (exact) mass is 372 g/mol. The minimum Gasteiger partial charge on any atom is -0.379 e. The molecular weight excluding hydrogens is 328 g/mol. The van der Waals surface area contributed by atoms with E-state index >= 15 is 0 Å². The van der Waals surface area contributed by atoms with Gasteiger partial charge in [0.1, 0.15) is 6.10 Å². The van der Waals surface area contributed by atoms with Crippen molar-refractivity contribution in [1.29, 1.82) is 0 Å². The maximum Gasteiger partial charge on any atom is 0.167 e. The van der Waals surface area contributed by atoms with Crippen LogP contribution in [-0.2, 0) is 18.9 Å². The quantitative estimate of drug-likeness (QED) is 0.165. The predicted molar refractivity (Wildman–Crippen MR) is 108 cm³/mol. The van der Waals surface area contributed by atoms with E-state index in [-0.39, 0.29) is 5.79 Å². The second kappa shape index (κ2) is 14.8. The number of unbranched alkanes of at least 4 members (excludes halogenated alkanes) is 2. The van der Waals surface area contributed by atoms with Crippen LogP contribution in [0.1, 0.15) is 91.9 Å². The number of ether oxygens (including phenoxy) is 4. The zero-order chi connectivity index (χ0) is 19.1. The molecule has 1 saturated heterocycles. The minimum atomic E-state index is -0.352. The van der Waals surface area contributed by atoms with E-state index in [1.807, 2.05) is 0 Å². The molecule has 0 aromatic heterocycles. The summed E-state index contributed by atoms with van der Waals surface area (Å²) < 4.78 is 22.7. The topological polar surface area (TPSA) is 40.2 Å². The molecule has 1 fully saturated rings. The lowest BCUT2D eigenvalue weighted by atomic mass is 9.91. The van der Waals surface area contributed by atoms with E-state index in [0.29, 0.717) is 6.10 Å². The average Bonchev–Trinajstić information content (AvgIpc) is 3.45. The van der Waals surface area contributed by atoms with Crippen LogP contribution in [0.3, 0.4) is 0 Å². The average molecular weight is 373 g/mol. The van der Waals surface area contributed by atoms with Crippen molar-refractivity contribution in [3.8, 4) is 0 Å². The molecule has 4 heteroatoms. The second-order valence-electron chi connectivity index (χ2n) is 7.56. The van der Waals surface area contributed by atoms with Gasteiger partial charge in [-0.25, -0.2) is 0 Å². The fraction of sp³-hybridized carbons (Fsp3) is 1.00. The van der Waals surface area contributed by atoms with E-state index in [4.69, 9.17) is 18.9 Å². The molecule has 2 unspecified atom stereocenters. The number of epoxide rings is 1. The first kappa shape index (κ1) is 23.9. The molecule has 0 bridgehead atoms. The van der Waals surface area contributed by atoms with Gasteiger partial charge < -0.3 is 18.9 Å². The Kier molecular flexibility index (Phi) is 13.6. The molecule has 2 atom stereocenters. The Morgan fingerprint density at radius 1 is 0.923 bits per heavy atom. The molecule has 0 radical (unpaired) electrons. The van der Waals surface area contributed by atoms with Crippen LogP contribution < -0.4 is 0 Å². The van der Waals surface area contributed by atoms with E-state index in [1.54, 1.807) is 0 Å².